The van der Waals surface area contributed by atoms with Crippen molar-refractivity contribution in [1.29, 1.82) is 5.26 Å². The molecule has 0 unspecified atom stereocenters. The molecule has 0 spiro atoms. The third kappa shape index (κ3) is 4.60. The standard InChI is InChI=1S/C27H15BrClN3S/c28-23-10-11-24-20(14-23)12-21(26(29)31-24)13-22(15-30)27-32-25(16-33-27)19-8-6-18(7-9-19)17-4-2-1-3-5-17/h1-14,16H/b22-13+. The summed E-state index contributed by atoms with van der Waals surface area (Å²) in [7, 11) is 0. The summed E-state index contributed by atoms with van der Waals surface area (Å²) in [5.41, 5.74) is 6.09. The summed E-state index contributed by atoms with van der Waals surface area (Å²) in [6.45, 7) is 0. The average Bonchev–Trinajstić information content (AvgIpc) is 3.34. The lowest BCUT2D eigenvalue weighted by Crippen LogP contribution is -1.87. The Labute approximate surface area is 208 Å². The highest BCUT2D eigenvalue weighted by Crippen LogP contribution is 2.31. The highest BCUT2D eigenvalue weighted by atomic mass is 79.9. The number of thiazole rings is 1. The fourth-order valence-corrected chi connectivity index (χ4v) is 4.91. The summed E-state index contributed by atoms with van der Waals surface area (Å²) in [5.74, 6) is 0. The van der Waals surface area contributed by atoms with Crippen LogP contribution in [0.15, 0.2) is 88.7 Å². The summed E-state index contributed by atoms with van der Waals surface area (Å²) in [4.78, 5) is 9.17. The van der Waals surface area contributed by atoms with Gasteiger partial charge in [0, 0.05) is 26.4 Å². The number of nitriles is 1. The second-order valence-electron chi connectivity index (χ2n) is 7.36. The molecule has 158 valence electrons. The van der Waals surface area contributed by atoms with E-state index in [1.165, 1.54) is 16.9 Å². The van der Waals surface area contributed by atoms with E-state index in [0.717, 1.165) is 32.2 Å². The van der Waals surface area contributed by atoms with E-state index >= 15 is 0 Å². The first-order chi connectivity index (χ1) is 16.1. The Bertz CT molecular complexity index is 1530. The monoisotopic (exact) mass is 527 g/mol. The van der Waals surface area contributed by atoms with Crippen molar-refractivity contribution < 1.29 is 0 Å². The minimum Gasteiger partial charge on any atom is -0.235 e. The van der Waals surface area contributed by atoms with E-state index in [-0.39, 0.29) is 0 Å². The van der Waals surface area contributed by atoms with Gasteiger partial charge in [-0.15, -0.1) is 11.3 Å². The number of fused-ring (bicyclic) bond motifs is 1. The maximum absolute atomic E-state index is 9.81. The van der Waals surface area contributed by atoms with Gasteiger partial charge in [-0.25, -0.2) is 9.97 Å². The van der Waals surface area contributed by atoms with Crippen LogP contribution in [0.1, 0.15) is 10.6 Å². The van der Waals surface area contributed by atoms with Crippen LogP contribution >= 0.6 is 38.9 Å². The molecule has 2 aromatic heterocycles. The van der Waals surface area contributed by atoms with Gasteiger partial charge in [-0.1, -0.05) is 82.1 Å². The molecule has 0 N–H and O–H groups in total. The zero-order valence-corrected chi connectivity index (χ0v) is 20.3. The topological polar surface area (TPSA) is 49.6 Å². The lowest BCUT2D eigenvalue weighted by Gasteiger charge is -2.04. The number of nitrogens with zero attached hydrogens (tertiary/aromatic N) is 3. The Morgan fingerprint density at radius 2 is 1.64 bits per heavy atom. The molecule has 3 aromatic carbocycles. The number of pyridine rings is 1. The Balaban J connectivity index is 1.46. The summed E-state index contributed by atoms with van der Waals surface area (Å²) >= 11 is 11.3. The van der Waals surface area contributed by atoms with Crippen LogP contribution in [0.4, 0.5) is 0 Å². The van der Waals surface area contributed by atoms with Crippen molar-refractivity contribution in [3.05, 3.63) is 104 Å². The van der Waals surface area contributed by atoms with E-state index in [0.29, 0.717) is 21.3 Å². The highest BCUT2D eigenvalue weighted by Gasteiger charge is 2.12. The minimum absolute atomic E-state index is 0.353. The average molecular weight is 529 g/mol. The van der Waals surface area contributed by atoms with Crippen LogP contribution in [0.2, 0.25) is 5.15 Å². The molecule has 0 aliphatic rings. The Kier molecular flexibility index (Phi) is 6.06. The van der Waals surface area contributed by atoms with Crippen molar-refractivity contribution in [2.45, 2.75) is 0 Å². The van der Waals surface area contributed by atoms with Crippen molar-refractivity contribution >= 4 is 61.4 Å². The molecule has 0 fully saturated rings. The number of aromatic nitrogens is 2. The molecule has 6 heteroatoms. The van der Waals surface area contributed by atoms with Crippen LogP contribution in [0.5, 0.6) is 0 Å². The molecule has 5 aromatic rings. The van der Waals surface area contributed by atoms with E-state index < -0.39 is 0 Å². The van der Waals surface area contributed by atoms with Gasteiger partial charge in [0.2, 0.25) is 0 Å². The minimum atomic E-state index is 0.353. The van der Waals surface area contributed by atoms with Gasteiger partial charge >= 0.3 is 0 Å². The van der Waals surface area contributed by atoms with E-state index in [9.17, 15) is 5.26 Å². The summed E-state index contributed by atoms with van der Waals surface area (Å²) < 4.78 is 0.956. The molecule has 0 aliphatic carbocycles. The number of hydrogen-bond donors (Lipinski definition) is 0. The second kappa shape index (κ2) is 9.29. The second-order valence-corrected chi connectivity index (χ2v) is 9.49. The first-order valence-electron chi connectivity index (χ1n) is 10.1. The summed E-state index contributed by atoms with van der Waals surface area (Å²) in [5, 5.41) is 13.7. The summed E-state index contributed by atoms with van der Waals surface area (Å²) in [6, 6.07) is 28.5. The van der Waals surface area contributed by atoms with Gasteiger partial charge in [0.05, 0.1) is 16.8 Å². The number of hydrogen-bond acceptors (Lipinski definition) is 4. The van der Waals surface area contributed by atoms with Crippen LogP contribution < -0.4 is 0 Å². The lowest BCUT2D eigenvalue weighted by atomic mass is 10.0. The third-order valence-electron chi connectivity index (χ3n) is 5.20. The molecule has 0 atom stereocenters. The highest BCUT2D eigenvalue weighted by molar-refractivity contribution is 9.10. The van der Waals surface area contributed by atoms with Crippen molar-refractivity contribution in [2.75, 3.05) is 0 Å². The van der Waals surface area contributed by atoms with E-state index in [4.69, 9.17) is 16.6 Å². The van der Waals surface area contributed by atoms with E-state index in [1.807, 2.05) is 47.8 Å². The van der Waals surface area contributed by atoms with E-state index in [2.05, 4.69) is 63.4 Å². The predicted molar refractivity (Wildman–Crippen MR) is 141 cm³/mol. The molecule has 0 radical (unpaired) electrons. The van der Waals surface area contributed by atoms with Gasteiger partial charge in [0.25, 0.3) is 0 Å². The van der Waals surface area contributed by atoms with Crippen LogP contribution in [0.25, 0.3) is 44.9 Å². The molecule has 3 nitrogen and oxygen atoms in total. The van der Waals surface area contributed by atoms with Crippen LogP contribution in [-0.4, -0.2) is 9.97 Å². The first kappa shape index (κ1) is 21.5. The quantitative estimate of drug-likeness (QED) is 0.173. The van der Waals surface area contributed by atoms with Crippen molar-refractivity contribution in [1.82, 2.24) is 9.97 Å². The molecule has 0 aliphatic heterocycles. The van der Waals surface area contributed by atoms with Crippen molar-refractivity contribution in [2.24, 2.45) is 0 Å². The molecular weight excluding hydrogens is 514 g/mol. The third-order valence-corrected chi connectivity index (χ3v) is 6.87. The zero-order chi connectivity index (χ0) is 22.8. The van der Waals surface area contributed by atoms with Gasteiger partial charge in [0.15, 0.2) is 0 Å². The van der Waals surface area contributed by atoms with Crippen LogP contribution in [0.3, 0.4) is 0 Å². The fraction of sp³-hybridized carbons (Fsp3) is 0. The molecule has 2 heterocycles. The Morgan fingerprint density at radius 1 is 0.909 bits per heavy atom. The number of halogens is 2. The van der Waals surface area contributed by atoms with Gasteiger partial charge in [0.1, 0.15) is 16.2 Å². The van der Waals surface area contributed by atoms with Gasteiger partial charge in [-0.05, 0) is 41.5 Å². The van der Waals surface area contributed by atoms with Crippen LogP contribution in [0, 0.1) is 11.3 Å². The Hall–Kier alpha value is -3.30. The largest absolute Gasteiger partial charge is 0.235 e. The van der Waals surface area contributed by atoms with Crippen LogP contribution in [-0.2, 0) is 0 Å². The van der Waals surface area contributed by atoms with Gasteiger partial charge in [-0.2, -0.15) is 5.26 Å². The normalized spacial score (nSPS) is 11.5. The van der Waals surface area contributed by atoms with Gasteiger partial charge < -0.3 is 0 Å². The smallest absolute Gasteiger partial charge is 0.137 e. The molecule has 0 saturated carbocycles. The maximum atomic E-state index is 9.81. The predicted octanol–water partition coefficient (Wildman–Crippen LogP) is 8.51. The Morgan fingerprint density at radius 3 is 2.39 bits per heavy atom. The molecule has 5 rings (SSSR count). The van der Waals surface area contributed by atoms with Crippen molar-refractivity contribution in [3.8, 4) is 28.5 Å². The number of rotatable bonds is 4. The summed E-state index contributed by atoms with van der Waals surface area (Å²) in [6.07, 6.45) is 1.75. The number of benzene rings is 3. The SMILES string of the molecule is N#C/C(=C\c1cc2cc(Br)ccc2nc1Cl)c1nc(-c2ccc(-c3ccccc3)cc2)cs1. The van der Waals surface area contributed by atoms with Crippen molar-refractivity contribution in [3.63, 3.8) is 0 Å². The fourth-order valence-electron chi connectivity index (χ4n) is 3.53. The molecule has 33 heavy (non-hydrogen) atoms. The molecule has 0 amide bonds. The van der Waals surface area contributed by atoms with Gasteiger partial charge in [-0.3, -0.25) is 0 Å². The van der Waals surface area contributed by atoms with E-state index in [1.54, 1.807) is 6.08 Å². The molecule has 0 saturated heterocycles. The number of allylic oxidation sites excluding steroid dienone is 1. The molecular formula is C27H15BrClN3S. The maximum Gasteiger partial charge on any atom is 0.137 e. The molecule has 0 bridgehead atoms. The zero-order valence-electron chi connectivity index (χ0n) is 17.2. The lowest BCUT2D eigenvalue weighted by molar-refractivity contribution is 1.36. The first-order valence-corrected chi connectivity index (χ1v) is 12.1.